The minimum Gasteiger partial charge on any atom is -0.381 e. The smallest absolute Gasteiger partial charge is 0.325 e. The molecule has 1 aromatic carbocycles. The maximum atomic E-state index is 12.6. The van der Waals surface area contributed by atoms with E-state index >= 15 is 0 Å². The number of hydrogen-bond donors (Lipinski definition) is 2. The number of aromatic nitrogens is 8. The van der Waals surface area contributed by atoms with Gasteiger partial charge in [-0.15, -0.1) is 0 Å². The van der Waals surface area contributed by atoms with Crippen LogP contribution in [0.1, 0.15) is 24.4 Å². The number of ether oxygens (including phenoxy) is 1. The lowest BCUT2D eigenvalue weighted by Crippen LogP contribution is -2.25. The standard InChI is InChI=1S/C22H17N9O3/c23-8-12-1-2-15-17(7-12)30(11-26-15)21-24-10-16-19(28-21)31(13-3-5-34-6-4-13)18(27-16)14-9-25-22(33)29-20(14)32/h1-2,7,9-11,13H,3-6H2,(H2,25,29,32,33). The summed E-state index contributed by atoms with van der Waals surface area (Å²) in [5.41, 5.74) is 2.08. The number of hydrogen-bond acceptors (Lipinski definition) is 8. The number of aromatic amines is 2. The lowest BCUT2D eigenvalue weighted by molar-refractivity contribution is 0.0708. The Morgan fingerprint density at radius 1 is 1.12 bits per heavy atom. The Bertz CT molecular complexity index is 1710. The summed E-state index contributed by atoms with van der Waals surface area (Å²) >= 11 is 0. The van der Waals surface area contributed by atoms with Gasteiger partial charge >= 0.3 is 5.69 Å². The molecule has 34 heavy (non-hydrogen) atoms. The van der Waals surface area contributed by atoms with E-state index in [0.29, 0.717) is 52.7 Å². The van der Waals surface area contributed by atoms with Crippen molar-refractivity contribution in [1.29, 1.82) is 5.26 Å². The number of imidazole rings is 2. The zero-order valence-electron chi connectivity index (χ0n) is 17.7. The van der Waals surface area contributed by atoms with E-state index in [-0.39, 0.29) is 11.6 Å². The first-order chi connectivity index (χ1) is 16.6. The highest BCUT2D eigenvalue weighted by atomic mass is 16.5. The van der Waals surface area contributed by atoms with Gasteiger partial charge in [-0.3, -0.25) is 14.3 Å². The SMILES string of the molecule is N#Cc1ccc2ncn(-c3ncc4nc(-c5c[nH]c(=O)[nH]c5=O)n(C5CCOCC5)c4n3)c2c1. The maximum Gasteiger partial charge on any atom is 0.325 e. The van der Waals surface area contributed by atoms with E-state index in [1.54, 1.807) is 35.3 Å². The fourth-order valence-electron chi connectivity index (χ4n) is 4.29. The maximum absolute atomic E-state index is 12.6. The van der Waals surface area contributed by atoms with Gasteiger partial charge in [0.25, 0.3) is 5.56 Å². The Labute approximate surface area is 190 Å². The topological polar surface area (TPSA) is 160 Å². The molecule has 6 rings (SSSR count). The summed E-state index contributed by atoms with van der Waals surface area (Å²) < 4.78 is 9.16. The molecule has 5 aromatic rings. The van der Waals surface area contributed by atoms with Crippen LogP contribution in [0, 0.1) is 11.3 Å². The average Bonchev–Trinajstić information content (AvgIpc) is 3.45. The number of nitrogens with one attached hydrogen (secondary N) is 2. The number of benzene rings is 1. The van der Waals surface area contributed by atoms with Crippen molar-refractivity contribution in [2.24, 2.45) is 0 Å². The molecule has 5 heterocycles. The second kappa shape index (κ2) is 7.75. The van der Waals surface area contributed by atoms with Gasteiger partial charge in [-0.25, -0.2) is 19.7 Å². The third-order valence-corrected chi connectivity index (χ3v) is 5.93. The van der Waals surface area contributed by atoms with Gasteiger partial charge in [-0.1, -0.05) is 0 Å². The number of rotatable bonds is 3. The van der Waals surface area contributed by atoms with Crippen LogP contribution in [0.2, 0.25) is 0 Å². The van der Waals surface area contributed by atoms with E-state index in [2.05, 4.69) is 31.0 Å². The zero-order chi connectivity index (χ0) is 23.2. The van der Waals surface area contributed by atoms with Crippen molar-refractivity contribution in [3.05, 3.63) is 63.3 Å². The molecule has 0 unspecified atom stereocenters. The Kier molecular flexibility index (Phi) is 4.56. The summed E-state index contributed by atoms with van der Waals surface area (Å²) in [6, 6.07) is 7.34. The molecule has 4 aromatic heterocycles. The molecule has 1 saturated heterocycles. The Hall–Kier alpha value is -4.63. The van der Waals surface area contributed by atoms with E-state index in [9.17, 15) is 14.9 Å². The minimum atomic E-state index is -0.590. The van der Waals surface area contributed by atoms with Crippen LogP contribution in [0.15, 0.2) is 46.5 Å². The molecule has 168 valence electrons. The molecule has 0 saturated carbocycles. The fourth-order valence-corrected chi connectivity index (χ4v) is 4.29. The molecule has 0 amide bonds. The molecule has 0 aliphatic carbocycles. The summed E-state index contributed by atoms with van der Waals surface area (Å²) in [6.45, 7) is 1.15. The molecule has 0 atom stereocenters. The van der Waals surface area contributed by atoms with Crippen molar-refractivity contribution in [2.45, 2.75) is 18.9 Å². The van der Waals surface area contributed by atoms with Crippen LogP contribution in [0.25, 0.3) is 39.5 Å². The van der Waals surface area contributed by atoms with Crippen LogP contribution in [-0.2, 0) is 4.74 Å². The lowest BCUT2D eigenvalue weighted by Gasteiger charge is -2.25. The number of H-pyrrole nitrogens is 2. The van der Waals surface area contributed by atoms with Crippen LogP contribution in [0.3, 0.4) is 0 Å². The molecule has 2 N–H and O–H groups in total. The number of nitrogens with zero attached hydrogens (tertiary/aromatic N) is 7. The highest BCUT2D eigenvalue weighted by Crippen LogP contribution is 2.31. The van der Waals surface area contributed by atoms with Gasteiger partial charge < -0.3 is 14.3 Å². The summed E-state index contributed by atoms with van der Waals surface area (Å²) in [4.78, 5) is 47.2. The van der Waals surface area contributed by atoms with Gasteiger partial charge in [0.1, 0.15) is 17.7 Å². The van der Waals surface area contributed by atoms with Gasteiger partial charge in [0.15, 0.2) is 5.65 Å². The Morgan fingerprint density at radius 2 is 1.97 bits per heavy atom. The van der Waals surface area contributed by atoms with E-state index in [1.807, 2.05) is 4.57 Å². The molecule has 0 bridgehead atoms. The normalized spacial score (nSPS) is 14.6. The van der Waals surface area contributed by atoms with Gasteiger partial charge in [-0.2, -0.15) is 10.2 Å². The first-order valence-electron chi connectivity index (χ1n) is 10.6. The summed E-state index contributed by atoms with van der Waals surface area (Å²) in [5, 5.41) is 9.29. The number of nitriles is 1. The fraction of sp³-hybridized carbons (Fsp3) is 0.227. The van der Waals surface area contributed by atoms with Crippen LogP contribution in [0.5, 0.6) is 0 Å². The predicted octanol–water partition coefficient (Wildman–Crippen LogP) is 1.43. The Balaban J connectivity index is 1.59. The molecular formula is C22H17N9O3. The van der Waals surface area contributed by atoms with Crippen LogP contribution in [-0.4, -0.2) is 52.3 Å². The zero-order valence-corrected chi connectivity index (χ0v) is 17.7. The number of fused-ring (bicyclic) bond motifs is 2. The van der Waals surface area contributed by atoms with Crippen molar-refractivity contribution < 1.29 is 4.74 Å². The van der Waals surface area contributed by atoms with Gasteiger partial charge in [0.2, 0.25) is 5.95 Å². The molecular weight excluding hydrogens is 438 g/mol. The largest absolute Gasteiger partial charge is 0.381 e. The summed E-state index contributed by atoms with van der Waals surface area (Å²) in [6.07, 6.45) is 6.00. The minimum absolute atomic E-state index is 0.00690. The first-order valence-corrected chi connectivity index (χ1v) is 10.6. The van der Waals surface area contributed by atoms with Gasteiger partial charge in [-0.05, 0) is 31.0 Å². The van der Waals surface area contributed by atoms with Crippen molar-refractivity contribution in [2.75, 3.05) is 13.2 Å². The Morgan fingerprint density at radius 3 is 2.76 bits per heavy atom. The van der Waals surface area contributed by atoms with E-state index < -0.39 is 11.2 Å². The quantitative estimate of drug-likeness (QED) is 0.413. The molecule has 0 spiro atoms. The van der Waals surface area contributed by atoms with Crippen molar-refractivity contribution in [1.82, 2.24) is 39.0 Å². The second-order valence-corrected chi connectivity index (χ2v) is 7.94. The summed E-state index contributed by atoms with van der Waals surface area (Å²) in [5.74, 6) is 0.758. The molecule has 12 heteroatoms. The molecule has 1 aliphatic rings. The van der Waals surface area contributed by atoms with Crippen molar-refractivity contribution in [3.63, 3.8) is 0 Å². The second-order valence-electron chi connectivity index (χ2n) is 7.94. The van der Waals surface area contributed by atoms with Gasteiger partial charge in [0, 0.05) is 25.5 Å². The van der Waals surface area contributed by atoms with Crippen LogP contribution < -0.4 is 11.2 Å². The highest BCUT2D eigenvalue weighted by Gasteiger charge is 2.25. The molecule has 12 nitrogen and oxygen atoms in total. The van der Waals surface area contributed by atoms with E-state index in [1.165, 1.54) is 6.20 Å². The van der Waals surface area contributed by atoms with Crippen molar-refractivity contribution in [3.8, 4) is 23.4 Å². The van der Waals surface area contributed by atoms with E-state index in [4.69, 9.17) is 9.72 Å². The van der Waals surface area contributed by atoms with Crippen molar-refractivity contribution >= 4 is 22.2 Å². The molecule has 1 aliphatic heterocycles. The third-order valence-electron chi connectivity index (χ3n) is 5.93. The lowest BCUT2D eigenvalue weighted by atomic mass is 10.1. The van der Waals surface area contributed by atoms with Crippen LogP contribution in [0.4, 0.5) is 0 Å². The van der Waals surface area contributed by atoms with E-state index in [0.717, 1.165) is 12.8 Å². The monoisotopic (exact) mass is 455 g/mol. The first kappa shape index (κ1) is 20.0. The average molecular weight is 455 g/mol. The molecule has 1 fully saturated rings. The van der Waals surface area contributed by atoms with Gasteiger partial charge in [0.05, 0.1) is 34.4 Å². The molecule has 0 radical (unpaired) electrons. The highest BCUT2D eigenvalue weighted by molar-refractivity contribution is 5.80. The third kappa shape index (κ3) is 3.18. The summed E-state index contributed by atoms with van der Waals surface area (Å²) in [7, 11) is 0. The predicted molar refractivity (Wildman–Crippen MR) is 120 cm³/mol. The van der Waals surface area contributed by atoms with Crippen LogP contribution >= 0.6 is 0 Å².